The van der Waals surface area contributed by atoms with Crippen LogP contribution in [0.1, 0.15) is 0 Å². The summed E-state index contributed by atoms with van der Waals surface area (Å²) in [5.41, 5.74) is -0.00263. The molecule has 2 aromatic carbocycles. The SMILES string of the molecule is O=S(=O)(Nc1c(Cl)ccc2c1OCO2)c1cc(Cl)cc(Cl)c1O. The molecule has 1 aliphatic rings. The Morgan fingerprint density at radius 3 is 2.57 bits per heavy atom. The van der Waals surface area contributed by atoms with Gasteiger partial charge in [-0.2, -0.15) is 0 Å². The molecule has 0 amide bonds. The topological polar surface area (TPSA) is 84.9 Å². The first-order valence-electron chi connectivity index (χ1n) is 6.08. The molecule has 0 atom stereocenters. The second kappa shape index (κ2) is 5.83. The van der Waals surface area contributed by atoms with E-state index in [2.05, 4.69) is 4.72 Å². The molecule has 0 aliphatic carbocycles. The van der Waals surface area contributed by atoms with Crippen LogP contribution in [-0.2, 0) is 10.0 Å². The molecule has 0 aromatic heterocycles. The van der Waals surface area contributed by atoms with Crippen LogP contribution >= 0.6 is 34.8 Å². The molecular formula is C13H8Cl3NO5S. The number of phenols is 1. The molecule has 3 rings (SSSR count). The zero-order valence-electron chi connectivity index (χ0n) is 11.1. The maximum Gasteiger partial charge on any atom is 0.265 e. The van der Waals surface area contributed by atoms with Crippen molar-refractivity contribution < 1.29 is 23.0 Å². The van der Waals surface area contributed by atoms with Gasteiger partial charge in [0.15, 0.2) is 17.2 Å². The fourth-order valence-corrected chi connectivity index (χ4v) is 4.07. The summed E-state index contributed by atoms with van der Waals surface area (Å²) < 4.78 is 37.7. The Labute approximate surface area is 146 Å². The Balaban J connectivity index is 2.09. The van der Waals surface area contributed by atoms with Crippen molar-refractivity contribution in [2.45, 2.75) is 4.90 Å². The van der Waals surface area contributed by atoms with Crippen LogP contribution in [0.5, 0.6) is 17.2 Å². The van der Waals surface area contributed by atoms with E-state index in [0.717, 1.165) is 6.07 Å². The number of anilines is 1. The number of aromatic hydroxyl groups is 1. The van der Waals surface area contributed by atoms with Crippen LogP contribution in [0, 0.1) is 0 Å². The van der Waals surface area contributed by atoms with Gasteiger partial charge in [0.05, 0.1) is 10.0 Å². The molecule has 2 N–H and O–H groups in total. The van der Waals surface area contributed by atoms with Crippen LogP contribution in [0.4, 0.5) is 5.69 Å². The van der Waals surface area contributed by atoms with Crippen molar-refractivity contribution in [2.24, 2.45) is 0 Å². The highest BCUT2D eigenvalue weighted by molar-refractivity contribution is 7.92. The molecule has 0 saturated carbocycles. The lowest BCUT2D eigenvalue weighted by atomic mass is 10.3. The number of halogens is 3. The quantitative estimate of drug-likeness (QED) is 0.822. The number of nitrogens with one attached hydrogen (secondary N) is 1. The molecule has 0 fully saturated rings. The van der Waals surface area contributed by atoms with Gasteiger partial charge in [0.1, 0.15) is 10.6 Å². The summed E-state index contributed by atoms with van der Waals surface area (Å²) in [6, 6.07) is 5.30. The van der Waals surface area contributed by atoms with Gasteiger partial charge in [0.25, 0.3) is 10.0 Å². The first-order chi connectivity index (χ1) is 10.8. The Hall–Kier alpha value is -1.54. The molecule has 23 heavy (non-hydrogen) atoms. The van der Waals surface area contributed by atoms with Gasteiger partial charge in [-0.15, -0.1) is 0 Å². The van der Waals surface area contributed by atoms with Crippen LogP contribution in [0.3, 0.4) is 0 Å². The van der Waals surface area contributed by atoms with Crippen LogP contribution < -0.4 is 14.2 Å². The maximum atomic E-state index is 12.5. The number of sulfonamides is 1. The zero-order chi connectivity index (χ0) is 16.8. The van der Waals surface area contributed by atoms with E-state index in [1.54, 1.807) is 6.07 Å². The van der Waals surface area contributed by atoms with Crippen molar-refractivity contribution in [3.8, 4) is 17.2 Å². The van der Waals surface area contributed by atoms with E-state index in [9.17, 15) is 13.5 Å². The summed E-state index contributed by atoms with van der Waals surface area (Å²) in [7, 11) is -4.22. The van der Waals surface area contributed by atoms with Gasteiger partial charge in [0.2, 0.25) is 6.79 Å². The summed E-state index contributed by atoms with van der Waals surface area (Å²) in [4.78, 5) is -0.484. The molecule has 0 bridgehead atoms. The number of ether oxygens (including phenoxy) is 2. The maximum absolute atomic E-state index is 12.5. The van der Waals surface area contributed by atoms with Crippen LogP contribution in [0.2, 0.25) is 15.1 Å². The van der Waals surface area contributed by atoms with E-state index < -0.39 is 20.7 Å². The average molecular weight is 397 g/mol. The summed E-state index contributed by atoms with van der Waals surface area (Å²) >= 11 is 17.6. The van der Waals surface area contributed by atoms with Crippen molar-refractivity contribution in [1.82, 2.24) is 0 Å². The molecule has 1 heterocycles. The second-order valence-electron chi connectivity index (χ2n) is 4.50. The average Bonchev–Trinajstić information content (AvgIpc) is 2.94. The second-order valence-corrected chi connectivity index (χ2v) is 7.40. The van der Waals surface area contributed by atoms with E-state index in [-0.39, 0.29) is 33.3 Å². The lowest BCUT2D eigenvalue weighted by Crippen LogP contribution is -2.14. The van der Waals surface area contributed by atoms with E-state index in [1.165, 1.54) is 12.1 Å². The van der Waals surface area contributed by atoms with Gasteiger partial charge in [0, 0.05) is 5.02 Å². The van der Waals surface area contributed by atoms with Gasteiger partial charge in [-0.3, -0.25) is 4.72 Å². The molecule has 6 nitrogen and oxygen atoms in total. The molecular weight excluding hydrogens is 389 g/mol. The molecule has 2 aromatic rings. The third kappa shape index (κ3) is 2.97. The van der Waals surface area contributed by atoms with Crippen molar-refractivity contribution in [3.63, 3.8) is 0 Å². The van der Waals surface area contributed by atoms with Gasteiger partial charge < -0.3 is 14.6 Å². The summed E-state index contributed by atoms with van der Waals surface area (Å²) in [6.07, 6.45) is 0. The fourth-order valence-electron chi connectivity index (χ4n) is 1.98. The highest BCUT2D eigenvalue weighted by atomic mass is 35.5. The minimum absolute atomic E-state index is 0.00263. The van der Waals surface area contributed by atoms with Crippen LogP contribution in [0.25, 0.3) is 0 Å². The smallest absolute Gasteiger partial charge is 0.265 e. The molecule has 0 saturated heterocycles. The van der Waals surface area contributed by atoms with Crippen molar-refractivity contribution in [3.05, 3.63) is 39.3 Å². The van der Waals surface area contributed by atoms with Gasteiger partial charge in [-0.25, -0.2) is 8.42 Å². The predicted molar refractivity (Wildman–Crippen MR) is 86.5 cm³/mol. The molecule has 1 aliphatic heterocycles. The van der Waals surface area contributed by atoms with E-state index in [1.807, 2.05) is 0 Å². The summed E-state index contributed by atoms with van der Waals surface area (Å²) in [6.45, 7) is -0.0569. The van der Waals surface area contributed by atoms with Crippen LogP contribution in [-0.4, -0.2) is 20.3 Å². The Morgan fingerprint density at radius 2 is 1.83 bits per heavy atom. The Morgan fingerprint density at radius 1 is 1.09 bits per heavy atom. The predicted octanol–water partition coefficient (Wildman–Crippen LogP) is 3.88. The standard InChI is InChI=1S/C13H8Cl3NO5S/c14-6-3-8(16)12(18)10(4-6)23(19,20)17-11-7(15)1-2-9-13(11)22-5-21-9/h1-4,17-18H,5H2. The highest BCUT2D eigenvalue weighted by Gasteiger charge is 2.27. The molecule has 122 valence electrons. The Bertz CT molecular complexity index is 901. The van der Waals surface area contributed by atoms with Crippen molar-refractivity contribution >= 4 is 50.5 Å². The fraction of sp³-hybridized carbons (Fsp3) is 0.0769. The summed E-state index contributed by atoms with van der Waals surface area (Å²) in [5.74, 6) is -0.112. The number of rotatable bonds is 3. The van der Waals surface area contributed by atoms with Crippen LogP contribution in [0.15, 0.2) is 29.2 Å². The number of phenolic OH excluding ortho intramolecular Hbond substituents is 1. The number of hydrogen-bond donors (Lipinski definition) is 2. The largest absolute Gasteiger partial charge is 0.505 e. The number of hydrogen-bond acceptors (Lipinski definition) is 5. The van der Waals surface area contributed by atoms with Gasteiger partial charge in [-0.05, 0) is 24.3 Å². The molecule has 0 unspecified atom stereocenters. The third-order valence-electron chi connectivity index (χ3n) is 3.01. The summed E-state index contributed by atoms with van der Waals surface area (Å²) in [5, 5.41) is 9.86. The minimum atomic E-state index is -4.22. The lowest BCUT2D eigenvalue weighted by Gasteiger charge is -2.13. The van der Waals surface area contributed by atoms with Gasteiger partial charge >= 0.3 is 0 Å². The first-order valence-corrected chi connectivity index (χ1v) is 8.70. The lowest BCUT2D eigenvalue weighted by molar-refractivity contribution is 0.174. The zero-order valence-corrected chi connectivity index (χ0v) is 14.2. The number of benzene rings is 2. The molecule has 0 radical (unpaired) electrons. The van der Waals surface area contributed by atoms with Crippen molar-refractivity contribution in [1.29, 1.82) is 0 Å². The first kappa shape index (κ1) is 16.3. The number of fused-ring (bicyclic) bond motifs is 1. The van der Waals surface area contributed by atoms with Crippen molar-refractivity contribution in [2.75, 3.05) is 11.5 Å². The monoisotopic (exact) mass is 395 g/mol. The molecule has 0 spiro atoms. The highest BCUT2D eigenvalue weighted by Crippen LogP contribution is 2.45. The minimum Gasteiger partial charge on any atom is -0.505 e. The van der Waals surface area contributed by atoms with E-state index >= 15 is 0 Å². The van der Waals surface area contributed by atoms with Gasteiger partial charge in [-0.1, -0.05) is 34.8 Å². The Kier molecular flexibility index (Phi) is 4.14. The molecule has 10 heteroatoms. The normalized spacial score (nSPS) is 13.2. The van der Waals surface area contributed by atoms with E-state index in [0.29, 0.717) is 5.75 Å². The third-order valence-corrected chi connectivity index (χ3v) is 5.19. The van der Waals surface area contributed by atoms with E-state index in [4.69, 9.17) is 44.3 Å².